The van der Waals surface area contributed by atoms with E-state index in [2.05, 4.69) is 6.92 Å². The topological polar surface area (TPSA) is 85.2 Å². The van der Waals surface area contributed by atoms with Gasteiger partial charge >= 0.3 is 0 Å². The average molecular weight is 342 g/mol. The van der Waals surface area contributed by atoms with E-state index >= 15 is 0 Å². The van der Waals surface area contributed by atoms with Crippen LogP contribution in [0.15, 0.2) is 0 Å². The van der Waals surface area contributed by atoms with Crippen LogP contribution >= 0.6 is 0 Å². The van der Waals surface area contributed by atoms with Crippen LogP contribution in [-0.4, -0.2) is 46.6 Å². The number of rotatable bonds is 3. The molecule has 2 N–H and O–H groups in total. The van der Waals surface area contributed by atoms with E-state index in [9.17, 15) is 15.0 Å². The fourth-order valence-electron chi connectivity index (χ4n) is 4.92. The largest absolute Gasteiger partial charge is 0.384 e. The molecule has 8 atom stereocenters. The summed E-state index contributed by atoms with van der Waals surface area (Å²) in [7, 11) is 0. The molecule has 24 heavy (non-hydrogen) atoms. The molecule has 3 aliphatic rings. The van der Waals surface area contributed by atoms with Gasteiger partial charge in [-0.3, -0.25) is 4.79 Å². The highest BCUT2D eigenvalue weighted by atomic mass is 16.8. The van der Waals surface area contributed by atoms with E-state index in [1.807, 2.05) is 6.92 Å². The van der Waals surface area contributed by atoms with Crippen LogP contribution in [0.2, 0.25) is 0 Å². The molecule has 0 aromatic heterocycles. The summed E-state index contributed by atoms with van der Waals surface area (Å²) in [6, 6.07) is 0. The molecule has 2 aliphatic heterocycles. The second-order valence-corrected chi connectivity index (χ2v) is 8.20. The van der Waals surface area contributed by atoms with Gasteiger partial charge in [0.15, 0.2) is 24.2 Å². The molecule has 6 nitrogen and oxygen atoms in total. The summed E-state index contributed by atoms with van der Waals surface area (Å²) in [5.41, 5.74) is -1.13. The minimum absolute atomic E-state index is 0.0198. The predicted octanol–water partition coefficient (Wildman–Crippen LogP) is 1.82. The molecule has 0 radical (unpaired) electrons. The highest BCUT2D eigenvalue weighted by Gasteiger charge is 2.63. The predicted molar refractivity (Wildman–Crippen MR) is 85.7 cm³/mol. The van der Waals surface area contributed by atoms with Crippen LogP contribution in [0.3, 0.4) is 0 Å². The lowest BCUT2D eigenvalue weighted by molar-refractivity contribution is -0.407. The van der Waals surface area contributed by atoms with E-state index in [0.717, 1.165) is 12.8 Å². The SMILES string of the molecule is CC(=O)COC1O[C@@H]2OC(C)(O)CCC3[C@H](C)CCC([C@H]1C)[C@]32O. The Morgan fingerprint density at radius 3 is 2.58 bits per heavy atom. The zero-order chi connectivity index (χ0) is 17.7. The zero-order valence-electron chi connectivity index (χ0n) is 15.0. The molecule has 138 valence electrons. The van der Waals surface area contributed by atoms with Gasteiger partial charge in [-0.25, -0.2) is 0 Å². The first-order chi connectivity index (χ1) is 11.1. The van der Waals surface area contributed by atoms with E-state index in [1.165, 1.54) is 6.92 Å². The third-order valence-electron chi connectivity index (χ3n) is 6.24. The Balaban J connectivity index is 1.92. The van der Waals surface area contributed by atoms with Crippen LogP contribution < -0.4 is 0 Å². The molecule has 2 heterocycles. The first-order valence-corrected chi connectivity index (χ1v) is 9.04. The second-order valence-electron chi connectivity index (χ2n) is 8.20. The van der Waals surface area contributed by atoms with Crippen LogP contribution in [-0.2, 0) is 19.0 Å². The lowest BCUT2D eigenvalue weighted by Crippen LogP contribution is -2.67. The molecule has 6 heteroatoms. The third-order valence-corrected chi connectivity index (χ3v) is 6.24. The van der Waals surface area contributed by atoms with Gasteiger partial charge in [-0.05, 0) is 44.9 Å². The number of ether oxygens (including phenoxy) is 3. The maximum atomic E-state index is 11.6. The Bertz CT molecular complexity index is 492. The number of Topliss-reactive ketones (excluding diaryl/α,β-unsaturated/α-hetero) is 1. The average Bonchev–Trinajstić information content (AvgIpc) is 2.57. The van der Waals surface area contributed by atoms with Crippen molar-refractivity contribution in [2.75, 3.05) is 6.61 Å². The molecule has 0 spiro atoms. The van der Waals surface area contributed by atoms with Crippen molar-refractivity contribution < 1.29 is 29.2 Å². The van der Waals surface area contributed by atoms with Crippen LogP contribution in [0.1, 0.15) is 53.4 Å². The van der Waals surface area contributed by atoms with E-state index in [-0.39, 0.29) is 30.1 Å². The molecular weight excluding hydrogens is 312 g/mol. The van der Waals surface area contributed by atoms with Crippen molar-refractivity contribution in [3.8, 4) is 0 Å². The number of aliphatic hydroxyl groups is 2. The van der Waals surface area contributed by atoms with E-state index in [4.69, 9.17) is 14.2 Å². The van der Waals surface area contributed by atoms with Crippen molar-refractivity contribution in [1.82, 2.24) is 0 Å². The van der Waals surface area contributed by atoms with Gasteiger partial charge in [-0.2, -0.15) is 0 Å². The first kappa shape index (κ1) is 18.3. The molecule has 3 rings (SSSR count). The van der Waals surface area contributed by atoms with Crippen LogP contribution in [0.4, 0.5) is 0 Å². The van der Waals surface area contributed by atoms with E-state index < -0.39 is 24.0 Å². The number of hydrogen-bond donors (Lipinski definition) is 2. The molecule has 0 aromatic carbocycles. The molecule has 3 fully saturated rings. The van der Waals surface area contributed by atoms with Gasteiger partial charge in [0.2, 0.25) is 0 Å². The molecule has 0 aromatic rings. The van der Waals surface area contributed by atoms with Crippen molar-refractivity contribution in [3.05, 3.63) is 0 Å². The van der Waals surface area contributed by atoms with Gasteiger partial charge in [0.1, 0.15) is 12.2 Å². The van der Waals surface area contributed by atoms with E-state index in [0.29, 0.717) is 18.8 Å². The number of ketones is 1. The van der Waals surface area contributed by atoms with Gasteiger partial charge in [-0.15, -0.1) is 0 Å². The van der Waals surface area contributed by atoms with Gasteiger partial charge in [-0.1, -0.05) is 13.8 Å². The number of carbonyl (C=O) groups is 1. The lowest BCUT2D eigenvalue weighted by atomic mass is 9.58. The minimum Gasteiger partial charge on any atom is -0.384 e. The molecule has 1 aliphatic carbocycles. The Morgan fingerprint density at radius 2 is 1.92 bits per heavy atom. The molecular formula is C18H30O6. The lowest BCUT2D eigenvalue weighted by Gasteiger charge is -2.57. The van der Waals surface area contributed by atoms with Crippen molar-refractivity contribution in [1.29, 1.82) is 0 Å². The Labute approximate surface area is 143 Å². The van der Waals surface area contributed by atoms with Gasteiger partial charge in [0, 0.05) is 18.3 Å². The first-order valence-electron chi connectivity index (χ1n) is 9.04. The third kappa shape index (κ3) is 3.03. The summed E-state index contributed by atoms with van der Waals surface area (Å²) in [4.78, 5) is 11.3. The molecule has 0 amide bonds. The Morgan fingerprint density at radius 1 is 1.21 bits per heavy atom. The summed E-state index contributed by atoms with van der Waals surface area (Å²) >= 11 is 0. The van der Waals surface area contributed by atoms with Gasteiger partial charge in [0.05, 0.1) is 0 Å². The highest BCUT2D eigenvalue weighted by molar-refractivity contribution is 5.76. The maximum absolute atomic E-state index is 11.6. The molecule has 0 bridgehead atoms. The maximum Gasteiger partial charge on any atom is 0.193 e. The minimum atomic E-state index is -1.34. The molecule has 4 unspecified atom stereocenters. The summed E-state index contributed by atoms with van der Waals surface area (Å²) in [5, 5.41) is 22.1. The highest BCUT2D eigenvalue weighted by Crippen LogP contribution is 2.55. The van der Waals surface area contributed by atoms with Gasteiger partial charge in [0.25, 0.3) is 0 Å². The smallest absolute Gasteiger partial charge is 0.193 e. The quantitative estimate of drug-likeness (QED) is 0.814. The fraction of sp³-hybridized carbons (Fsp3) is 0.944. The van der Waals surface area contributed by atoms with Gasteiger partial charge < -0.3 is 24.4 Å². The fourth-order valence-corrected chi connectivity index (χ4v) is 4.92. The van der Waals surface area contributed by atoms with Crippen LogP contribution in [0, 0.1) is 23.7 Å². The summed E-state index contributed by atoms with van der Waals surface area (Å²) < 4.78 is 17.4. The van der Waals surface area contributed by atoms with E-state index in [1.54, 1.807) is 6.92 Å². The Hall–Kier alpha value is -0.530. The Kier molecular flexibility index (Phi) is 4.81. The van der Waals surface area contributed by atoms with Crippen molar-refractivity contribution >= 4 is 5.78 Å². The number of hydrogen-bond acceptors (Lipinski definition) is 6. The standard InChI is InChI=1S/C18H30O6/c1-10-5-6-14-12(3)15(22-9-11(2)19)23-16-18(14,21)13(10)7-8-17(4,20)24-16/h10,12-16,20-21H,5-9H2,1-4H3/t10-,12-,13?,14?,15?,16-,17?,18-/m1/s1. The summed E-state index contributed by atoms with van der Waals surface area (Å²) in [6.45, 7) is 7.21. The summed E-state index contributed by atoms with van der Waals surface area (Å²) in [6.07, 6.45) is 1.49. The van der Waals surface area contributed by atoms with Crippen molar-refractivity contribution in [2.24, 2.45) is 23.7 Å². The van der Waals surface area contributed by atoms with Crippen molar-refractivity contribution in [2.45, 2.75) is 77.3 Å². The van der Waals surface area contributed by atoms with Crippen LogP contribution in [0.25, 0.3) is 0 Å². The van der Waals surface area contributed by atoms with Crippen molar-refractivity contribution in [3.63, 3.8) is 0 Å². The monoisotopic (exact) mass is 342 g/mol. The normalized spacial score (nSPS) is 51.6. The summed E-state index contributed by atoms with van der Waals surface area (Å²) in [5.74, 6) is -1.14. The zero-order valence-corrected chi connectivity index (χ0v) is 15.0. The van der Waals surface area contributed by atoms with Crippen LogP contribution in [0.5, 0.6) is 0 Å². The molecule has 1 saturated carbocycles. The molecule has 2 saturated heterocycles. The second kappa shape index (κ2) is 6.32. The number of carbonyl (C=O) groups excluding carboxylic acids is 1.